The van der Waals surface area contributed by atoms with Gasteiger partial charge in [0.05, 0.1) is 11.7 Å². The fourth-order valence-electron chi connectivity index (χ4n) is 1.06. The van der Waals surface area contributed by atoms with Gasteiger partial charge in [-0.3, -0.25) is 4.79 Å². The summed E-state index contributed by atoms with van der Waals surface area (Å²) in [5.41, 5.74) is 0.876. The van der Waals surface area contributed by atoms with Crippen molar-refractivity contribution in [3.8, 4) is 11.8 Å². The van der Waals surface area contributed by atoms with E-state index < -0.39 is 0 Å². The van der Waals surface area contributed by atoms with Gasteiger partial charge < -0.3 is 4.74 Å². The molecule has 0 saturated carbocycles. The first-order valence-electron chi connectivity index (χ1n) is 4.33. The standard InChI is InChI=1S/C11H11NO2.CH4/c1-8(2)14-11-4-3-9(7-13)5-10(11)6-12;/h3-5,7-8H,1-2H3;1H4. The number of hydrogen-bond acceptors (Lipinski definition) is 3. The average Bonchev–Trinajstić information content (AvgIpc) is 2.17. The maximum atomic E-state index is 10.5. The SMILES string of the molecule is C.CC(C)Oc1ccc(C=O)cc1C#N. The van der Waals surface area contributed by atoms with Crippen molar-refractivity contribution in [3.63, 3.8) is 0 Å². The van der Waals surface area contributed by atoms with E-state index in [9.17, 15) is 4.79 Å². The van der Waals surface area contributed by atoms with E-state index in [2.05, 4.69) is 0 Å². The van der Waals surface area contributed by atoms with Crippen LogP contribution in [0.5, 0.6) is 5.75 Å². The van der Waals surface area contributed by atoms with Crippen molar-refractivity contribution in [3.05, 3.63) is 29.3 Å². The third-order valence-corrected chi connectivity index (χ3v) is 1.62. The van der Waals surface area contributed by atoms with Gasteiger partial charge in [0.25, 0.3) is 0 Å². The van der Waals surface area contributed by atoms with Gasteiger partial charge in [-0.1, -0.05) is 7.43 Å². The Hall–Kier alpha value is -1.82. The number of hydrogen-bond donors (Lipinski definition) is 0. The summed E-state index contributed by atoms with van der Waals surface area (Å²) < 4.78 is 5.40. The minimum Gasteiger partial charge on any atom is -0.490 e. The number of ether oxygens (including phenoxy) is 1. The van der Waals surface area contributed by atoms with Gasteiger partial charge in [0.2, 0.25) is 0 Å². The lowest BCUT2D eigenvalue weighted by atomic mass is 10.1. The monoisotopic (exact) mass is 205 g/mol. The van der Waals surface area contributed by atoms with Crippen molar-refractivity contribution in [2.24, 2.45) is 0 Å². The molecule has 1 aromatic carbocycles. The van der Waals surface area contributed by atoms with E-state index in [1.165, 1.54) is 6.07 Å². The second-order valence-electron chi connectivity index (χ2n) is 3.15. The second kappa shape index (κ2) is 5.82. The summed E-state index contributed by atoms with van der Waals surface area (Å²) in [6.45, 7) is 3.77. The molecule has 3 heteroatoms. The molecule has 0 aliphatic rings. The Balaban J connectivity index is 0.00000196. The molecule has 0 heterocycles. The topological polar surface area (TPSA) is 50.1 Å². The third kappa shape index (κ3) is 3.43. The lowest BCUT2D eigenvalue weighted by Gasteiger charge is -2.10. The van der Waals surface area contributed by atoms with E-state index in [4.69, 9.17) is 10.00 Å². The van der Waals surface area contributed by atoms with E-state index in [0.717, 1.165) is 0 Å². The number of rotatable bonds is 3. The van der Waals surface area contributed by atoms with Crippen LogP contribution in [0.15, 0.2) is 18.2 Å². The van der Waals surface area contributed by atoms with Gasteiger partial charge in [-0.2, -0.15) is 5.26 Å². The van der Waals surface area contributed by atoms with Crippen molar-refractivity contribution in [2.75, 3.05) is 0 Å². The molecule has 3 nitrogen and oxygen atoms in total. The first-order valence-corrected chi connectivity index (χ1v) is 4.33. The highest BCUT2D eigenvalue weighted by molar-refractivity contribution is 5.76. The molecule has 0 fully saturated rings. The quantitative estimate of drug-likeness (QED) is 0.713. The molecule has 0 N–H and O–H groups in total. The molecule has 0 amide bonds. The summed E-state index contributed by atoms with van der Waals surface area (Å²) in [5, 5.41) is 8.81. The Kier molecular flexibility index (Phi) is 5.11. The van der Waals surface area contributed by atoms with Crippen molar-refractivity contribution in [1.29, 1.82) is 5.26 Å². The van der Waals surface area contributed by atoms with Crippen LogP contribution in [0.3, 0.4) is 0 Å². The second-order valence-corrected chi connectivity index (χ2v) is 3.15. The van der Waals surface area contributed by atoms with Crippen LogP contribution in [0, 0.1) is 11.3 Å². The van der Waals surface area contributed by atoms with Gasteiger partial charge in [0, 0.05) is 5.56 Å². The van der Waals surface area contributed by atoms with E-state index >= 15 is 0 Å². The van der Waals surface area contributed by atoms with Crippen LogP contribution < -0.4 is 4.74 Å². The van der Waals surface area contributed by atoms with Gasteiger partial charge in [-0.25, -0.2) is 0 Å². The summed E-state index contributed by atoms with van der Waals surface area (Å²) in [5.74, 6) is 0.521. The molecule has 15 heavy (non-hydrogen) atoms. The Morgan fingerprint density at radius 1 is 1.47 bits per heavy atom. The summed E-state index contributed by atoms with van der Waals surface area (Å²) in [6, 6.07) is 6.78. The lowest BCUT2D eigenvalue weighted by molar-refractivity contribution is 0.112. The normalized spacial score (nSPS) is 8.93. The molecule has 1 aromatic rings. The Morgan fingerprint density at radius 3 is 2.60 bits per heavy atom. The molecule has 1 rings (SSSR count). The predicted octanol–water partition coefficient (Wildman–Crippen LogP) is 2.79. The minimum absolute atomic E-state index is 0. The molecule has 0 radical (unpaired) electrons. The molecule has 0 unspecified atom stereocenters. The van der Waals surface area contributed by atoms with Crippen molar-refractivity contribution >= 4 is 6.29 Å². The first-order chi connectivity index (χ1) is 6.67. The number of aldehydes is 1. The van der Waals surface area contributed by atoms with Crippen LogP contribution in [0.4, 0.5) is 0 Å². The van der Waals surface area contributed by atoms with Crippen LogP contribution in [-0.2, 0) is 0 Å². The maximum Gasteiger partial charge on any atom is 0.150 e. The molecule has 0 aliphatic heterocycles. The fourth-order valence-corrected chi connectivity index (χ4v) is 1.06. The summed E-state index contributed by atoms with van der Waals surface area (Å²) >= 11 is 0. The third-order valence-electron chi connectivity index (χ3n) is 1.62. The Bertz CT molecular complexity index is 378. The smallest absolute Gasteiger partial charge is 0.150 e. The van der Waals surface area contributed by atoms with Crippen LogP contribution in [0.25, 0.3) is 0 Å². The van der Waals surface area contributed by atoms with Crippen LogP contribution in [0.1, 0.15) is 37.2 Å². The lowest BCUT2D eigenvalue weighted by Crippen LogP contribution is -2.06. The number of nitrogens with zero attached hydrogens (tertiary/aromatic N) is 1. The average molecular weight is 205 g/mol. The van der Waals surface area contributed by atoms with Crippen molar-refractivity contribution in [1.82, 2.24) is 0 Å². The van der Waals surface area contributed by atoms with E-state index in [1.807, 2.05) is 19.9 Å². The van der Waals surface area contributed by atoms with E-state index in [1.54, 1.807) is 12.1 Å². The molecule has 0 aromatic heterocycles. The molecule has 0 aliphatic carbocycles. The largest absolute Gasteiger partial charge is 0.490 e. The van der Waals surface area contributed by atoms with Crippen LogP contribution in [0.2, 0.25) is 0 Å². The first kappa shape index (κ1) is 13.2. The Morgan fingerprint density at radius 2 is 2.13 bits per heavy atom. The summed E-state index contributed by atoms with van der Waals surface area (Å²) in [7, 11) is 0. The van der Waals surface area contributed by atoms with Gasteiger partial charge in [0.15, 0.2) is 0 Å². The molecule has 0 saturated heterocycles. The van der Waals surface area contributed by atoms with E-state index in [-0.39, 0.29) is 13.5 Å². The maximum absolute atomic E-state index is 10.5. The van der Waals surface area contributed by atoms with Gasteiger partial charge >= 0.3 is 0 Å². The minimum atomic E-state index is 0. The Labute approximate surface area is 90.3 Å². The summed E-state index contributed by atoms with van der Waals surface area (Å²) in [6.07, 6.45) is 0.726. The molecular weight excluding hydrogens is 190 g/mol. The molecular formula is C12H15NO2. The highest BCUT2D eigenvalue weighted by Gasteiger charge is 2.05. The molecule has 0 atom stereocenters. The molecule has 80 valence electrons. The zero-order valence-corrected chi connectivity index (χ0v) is 8.15. The fraction of sp³-hybridized carbons (Fsp3) is 0.333. The molecule has 0 spiro atoms. The number of benzene rings is 1. The predicted molar refractivity (Wildman–Crippen MR) is 59.0 cm³/mol. The summed E-state index contributed by atoms with van der Waals surface area (Å²) in [4.78, 5) is 10.5. The van der Waals surface area contributed by atoms with Gasteiger partial charge in [0.1, 0.15) is 18.1 Å². The van der Waals surface area contributed by atoms with Crippen molar-refractivity contribution < 1.29 is 9.53 Å². The van der Waals surface area contributed by atoms with E-state index in [0.29, 0.717) is 23.2 Å². The molecule has 0 bridgehead atoms. The highest BCUT2D eigenvalue weighted by atomic mass is 16.5. The van der Waals surface area contributed by atoms with Crippen LogP contribution >= 0.6 is 0 Å². The van der Waals surface area contributed by atoms with Gasteiger partial charge in [-0.05, 0) is 32.0 Å². The highest BCUT2D eigenvalue weighted by Crippen LogP contribution is 2.19. The number of carbonyl (C=O) groups excluding carboxylic acids is 1. The zero-order chi connectivity index (χ0) is 10.6. The van der Waals surface area contributed by atoms with Crippen molar-refractivity contribution in [2.45, 2.75) is 27.4 Å². The zero-order valence-electron chi connectivity index (χ0n) is 8.15. The van der Waals surface area contributed by atoms with Gasteiger partial charge in [-0.15, -0.1) is 0 Å². The number of carbonyl (C=O) groups is 1. The van der Waals surface area contributed by atoms with Crippen LogP contribution in [-0.4, -0.2) is 12.4 Å². The number of nitriles is 1.